The topological polar surface area (TPSA) is 91.4 Å². The van der Waals surface area contributed by atoms with Crippen LogP contribution in [0.1, 0.15) is 42.9 Å². The summed E-state index contributed by atoms with van der Waals surface area (Å²) in [6.45, 7) is 0.712. The minimum atomic E-state index is -1.21. The number of aromatic nitrogens is 1. The van der Waals surface area contributed by atoms with E-state index in [0.29, 0.717) is 26.1 Å². The number of rotatable bonds is 3. The number of benzene rings is 1. The van der Waals surface area contributed by atoms with Crippen LogP contribution in [0.4, 0.5) is 0 Å². The zero-order valence-corrected chi connectivity index (χ0v) is 14.0. The van der Waals surface area contributed by atoms with Gasteiger partial charge in [-0.05, 0) is 30.9 Å². The van der Waals surface area contributed by atoms with E-state index in [9.17, 15) is 14.7 Å². The van der Waals surface area contributed by atoms with Gasteiger partial charge in [-0.3, -0.25) is 4.79 Å². The Labute approximate surface area is 145 Å². The van der Waals surface area contributed by atoms with Crippen molar-refractivity contribution < 1.29 is 19.4 Å². The molecular formula is C19H22N2O4. The lowest BCUT2D eigenvalue weighted by atomic mass is 9.84. The van der Waals surface area contributed by atoms with Crippen LogP contribution in [0.25, 0.3) is 10.9 Å². The number of nitrogens with one attached hydrogen (secondary N) is 2. The maximum Gasteiger partial charge on any atom is 0.329 e. The molecule has 1 amide bonds. The van der Waals surface area contributed by atoms with Crippen LogP contribution in [0.5, 0.6) is 0 Å². The summed E-state index contributed by atoms with van der Waals surface area (Å²) in [4.78, 5) is 28.2. The second-order valence-electron chi connectivity index (χ2n) is 7.00. The minimum absolute atomic E-state index is 0.197. The number of aliphatic carboxylic acids is 1. The summed E-state index contributed by atoms with van der Waals surface area (Å²) in [7, 11) is 0. The van der Waals surface area contributed by atoms with Gasteiger partial charge < -0.3 is 20.1 Å². The van der Waals surface area contributed by atoms with Crippen molar-refractivity contribution in [2.45, 2.75) is 43.6 Å². The van der Waals surface area contributed by atoms with Gasteiger partial charge in [-0.1, -0.05) is 18.2 Å². The SMILES string of the molecule is O=C(NC1(C(=O)O)CCOCC1)[C@@H]1CCCc2c1[nH]c1ccccc21. The Morgan fingerprint density at radius 3 is 2.76 bits per heavy atom. The number of fused-ring (bicyclic) bond motifs is 3. The first-order valence-corrected chi connectivity index (χ1v) is 8.83. The van der Waals surface area contributed by atoms with Crippen molar-refractivity contribution in [1.29, 1.82) is 0 Å². The van der Waals surface area contributed by atoms with E-state index in [1.165, 1.54) is 5.56 Å². The van der Waals surface area contributed by atoms with Crippen molar-refractivity contribution in [3.8, 4) is 0 Å². The van der Waals surface area contributed by atoms with E-state index in [0.717, 1.165) is 35.9 Å². The van der Waals surface area contributed by atoms with Crippen LogP contribution in [0.2, 0.25) is 0 Å². The second kappa shape index (κ2) is 6.19. The fraction of sp³-hybridized carbons (Fsp3) is 0.474. The van der Waals surface area contributed by atoms with Crippen LogP contribution in [0.15, 0.2) is 24.3 Å². The van der Waals surface area contributed by atoms with E-state index in [2.05, 4.69) is 16.4 Å². The highest BCUT2D eigenvalue weighted by Gasteiger charge is 2.43. The Kier molecular flexibility index (Phi) is 4.00. The molecule has 1 aromatic carbocycles. The summed E-state index contributed by atoms with van der Waals surface area (Å²) in [5.74, 6) is -1.50. The molecule has 2 aromatic rings. The molecule has 0 spiro atoms. The van der Waals surface area contributed by atoms with Crippen LogP contribution in [0, 0.1) is 0 Å². The monoisotopic (exact) mass is 342 g/mol. The van der Waals surface area contributed by atoms with E-state index in [-0.39, 0.29) is 11.8 Å². The number of amides is 1. The molecule has 1 fully saturated rings. The number of hydrogen-bond acceptors (Lipinski definition) is 3. The molecule has 0 bridgehead atoms. The zero-order chi connectivity index (χ0) is 17.4. The van der Waals surface area contributed by atoms with Crippen LogP contribution < -0.4 is 5.32 Å². The van der Waals surface area contributed by atoms with Crippen LogP contribution in [-0.4, -0.2) is 40.7 Å². The molecule has 1 saturated heterocycles. The fourth-order valence-electron chi connectivity index (χ4n) is 4.11. The minimum Gasteiger partial charge on any atom is -0.480 e. The summed E-state index contributed by atoms with van der Waals surface area (Å²) in [5.41, 5.74) is 1.96. The number of aromatic amines is 1. The number of aryl methyl sites for hydroxylation is 1. The third-order valence-corrected chi connectivity index (χ3v) is 5.55. The molecule has 6 heteroatoms. The van der Waals surface area contributed by atoms with Crippen molar-refractivity contribution in [3.63, 3.8) is 0 Å². The Morgan fingerprint density at radius 2 is 2.00 bits per heavy atom. The highest BCUT2D eigenvalue weighted by Crippen LogP contribution is 2.36. The number of hydrogen-bond donors (Lipinski definition) is 3. The van der Waals surface area contributed by atoms with Crippen LogP contribution in [0.3, 0.4) is 0 Å². The first-order chi connectivity index (χ1) is 12.1. The maximum absolute atomic E-state index is 13.0. The van der Waals surface area contributed by atoms with E-state index in [1.807, 2.05) is 18.2 Å². The van der Waals surface area contributed by atoms with Gasteiger partial charge in [0.05, 0.1) is 5.92 Å². The molecule has 2 aliphatic rings. The predicted molar refractivity (Wildman–Crippen MR) is 92.5 cm³/mol. The number of ether oxygens (including phenoxy) is 1. The average molecular weight is 342 g/mol. The molecule has 0 saturated carbocycles. The Bertz CT molecular complexity index is 820. The Balaban J connectivity index is 1.64. The number of carboxylic acids is 1. The van der Waals surface area contributed by atoms with E-state index >= 15 is 0 Å². The normalized spacial score (nSPS) is 22.3. The molecule has 1 aromatic heterocycles. The van der Waals surface area contributed by atoms with E-state index < -0.39 is 11.5 Å². The van der Waals surface area contributed by atoms with Crippen molar-refractivity contribution in [2.75, 3.05) is 13.2 Å². The number of H-pyrrole nitrogens is 1. The van der Waals surface area contributed by atoms with Crippen molar-refractivity contribution in [1.82, 2.24) is 10.3 Å². The Morgan fingerprint density at radius 1 is 1.24 bits per heavy atom. The first-order valence-electron chi connectivity index (χ1n) is 8.83. The molecule has 25 heavy (non-hydrogen) atoms. The van der Waals surface area contributed by atoms with Gasteiger partial charge in [0.25, 0.3) is 0 Å². The summed E-state index contributed by atoms with van der Waals surface area (Å²) in [6, 6.07) is 8.06. The number of para-hydroxylation sites is 1. The molecule has 1 atom stereocenters. The highest BCUT2D eigenvalue weighted by atomic mass is 16.5. The maximum atomic E-state index is 13.0. The molecule has 3 N–H and O–H groups in total. The van der Waals surface area contributed by atoms with Gasteiger partial charge in [-0.2, -0.15) is 0 Å². The van der Waals surface area contributed by atoms with Gasteiger partial charge in [-0.25, -0.2) is 4.79 Å². The van der Waals surface area contributed by atoms with Crippen molar-refractivity contribution >= 4 is 22.8 Å². The smallest absolute Gasteiger partial charge is 0.329 e. The number of carbonyl (C=O) groups is 2. The van der Waals surface area contributed by atoms with Crippen LogP contribution >= 0.6 is 0 Å². The average Bonchev–Trinajstić information content (AvgIpc) is 3.01. The zero-order valence-electron chi connectivity index (χ0n) is 14.0. The standard InChI is InChI=1S/C19H22N2O4/c22-17(21-19(18(23)24)8-10-25-11-9-19)14-6-3-5-13-12-4-1-2-7-15(12)20-16(13)14/h1-2,4,7,14,20H,3,5-6,8-11H2,(H,21,22)(H,23,24)/t14-/m1/s1. The molecule has 132 valence electrons. The van der Waals surface area contributed by atoms with Gasteiger partial charge in [0, 0.05) is 42.7 Å². The van der Waals surface area contributed by atoms with Gasteiger partial charge in [0.1, 0.15) is 5.54 Å². The van der Waals surface area contributed by atoms with Gasteiger partial charge >= 0.3 is 5.97 Å². The van der Waals surface area contributed by atoms with Crippen molar-refractivity contribution in [3.05, 3.63) is 35.5 Å². The predicted octanol–water partition coefficient (Wildman–Crippen LogP) is 2.34. The lowest BCUT2D eigenvalue weighted by molar-refractivity contribution is -0.152. The summed E-state index contributed by atoms with van der Waals surface area (Å²) < 4.78 is 5.28. The molecule has 0 radical (unpaired) electrons. The third-order valence-electron chi connectivity index (χ3n) is 5.55. The molecule has 2 heterocycles. The summed E-state index contributed by atoms with van der Waals surface area (Å²) in [6.07, 6.45) is 3.22. The largest absolute Gasteiger partial charge is 0.480 e. The molecule has 1 aliphatic carbocycles. The van der Waals surface area contributed by atoms with E-state index in [4.69, 9.17) is 4.74 Å². The highest BCUT2D eigenvalue weighted by molar-refractivity contribution is 5.93. The summed E-state index contributed by atoms with van der Waals surface area (Å²) in [5, 5.41) is 13.7. The molecular weight excluding hydrogens is 320 g/mol. The summed E-state index contributed by atoms with van der Waals surface area (Å²) >= 11 is 0. The molecule has 1 aliphatic heterocycles. The Hall–Kier alpha value is -2.34. The van der Waals surface area contributed by atoms with Crippen molar-refractivity contribution in [2.24, 2.45) is 0 Å². The second-order valence-corrected chi connectivity index (χ2v) is 7.00. The van der Waals surface area contributed by atoms with Crippen LogP contribution in [-0.2, 0) is 20.7 Å². The third kappa shape index (κ3) is 2.70. The van der Waals surface area contributed by atoms with Gasteiger partial charge in [0.15, 0.2) is 0 Å². The first kappa shape index (κ1) is 16.1. The number of carboxylic acid groups (broad SMARTS) is 1. The van der Waals surface area contributed by atoms with E-state index in [1.54, 1.807) is 0 Å². The molecule has 4 rings (SSSR count). The lowest BCUT2D eigenvalue weighted by Gasteiger charge is -2.35. The van der Waals surface area contributed by atoms with Gasteiger partial charge in [-0.15, -0.1) is 0 Å². The quantitative estimate of drug-likeness (QED) is 0.798. The molecule has 0 unspecified atom stereocenters. The molecule has 6 nitrogen and oxygen atoms in total. The fourth-order valence-corrected chi connectivity index (χ4v) is 4.11. The van der Waals surface area contributed by atoms with Gasteiger partial charge in [0.2, 0.25) is 5.91 Å². The lowest BCUT2D eigenvalue weighted by Crippen LogP contribution is -2.58. The number of carbonyl (C=O) groups excluding carboxylic acids is 1.